The van der Waals surface area contributed by atoms with Crippen molar-refractivity contribution in [1.82, 2.24) is 10.2 Å². The summed E-state index contributed by atoms with van der Waals surface area (Å²) in [5.74, 6) is 0.574. The van der Waals surface area contributed by atoms with Crippen molar-refractivity contribution in [2.75, 3.05) is 32.0 Å². The van der Waals surface area contributed by atoms with Crippen LogP contribution in [0.3, 0.4) is 0 Å². The average Bonchev–Trinajstić information content (AvgIpc) is 2.40. The Morgan fingerprint density at radius 1 is 1.39 bits per heavy atom. The second-order valence-corrected chi connectivity index (χ2v) is 4.81. The van der Waals surface area contributed by atoms with Crippen molar-refractivity contribution in [3.63, 3.8) is 0 Å². The van der Waals surface area contributed by atoms with E-state index in [2.05, 4.69) is 10.6 Å². The van der Waals surface area contributed by atoms with Crippen LogP contribution in [0.4, 0.5) is 10.5 Å². The predicted molar refractivity (Wildman–Crippen MR) is 73.7 cm³/mol. The summed E-state index contributed by atoms with van der Waals surface area (Å²) in [5.41, 5.74) is 0.859. The van der Waals surface area contributed by atoms with E-state index in [1.807, 2.05) is 42.3 Å². The van der Waals surface area contributed by atoms with E-state index in [0.29, 0.717) is 5.92 Å². The van der Waals surface area contributed by atoms with Gasteiger partial charge in [-0.05, 0) is 44.5 Å². The first-order valence-electron chi connectivity index (χ1n) is 6.55. The van der Waals surface area contributed by atoms with E-state index in [-0.39, 0.29) is 6.03 Å². The van der Waals surface area contributed by atoms with Gasteiger partial charge >= 0.3 is 6.03 Å². The minimum Gasteiger partial charge on any atom is -0.324 e. The van der Waals surface area contributed by atoms with E-state index < -0.39 is 0 Å². The van der Waals surface area contributed by atoms with Crippen LogP contribution in [0, 0.1) is 5.92 Å². The molecule has 1 aliphatic heterocycles. The average molecular weight is 247 g/mol. The molecule has 4 nitrogen and oxygen atoms in total. The van der Waals surface area contributed by atoms with Gasteiger partial charge in [0.25, 0.3) is 0 Å². The van der Waals surface area contributed by atoms with Crippen LogP contribution in [0.15, 0.2) is 30.3 Å². The lowest BCUT2D eigenvalue weighted by molar-refractivity contribution is 0.177. The second-order valence-electron chi connectivity index (χ2n) is 4.81. The number of anilines is 1. The fourth-order valence-corrected chi connectivity index (χ4v) is 2.43. The van der Waals surface area contributed by atoms with E-state index in [4.69, 9.17) is 0 Å². The normalized spacial score (nSPS) is 19.6. The molecule has 1 unspecified atom stereocenters. The molecule has 0 radical (unpaired) electrons. The largest absolute Gasteiger partial charge is 0.324 e. The van der Waals surface area contributed by atoms with Crippen LogP contribution in [0.1, 0.15) is 12.8 Å². The number of urea groups is 1. The molecule has 2 N–H and O–H groups in total. The SMILES string of the molecule is CNCC1CCCN(C(=O)Nc2ccccc2)C1. The van der Waals surface area contributed by atoms with Crippen molar-refractivity contribution in [2.45, 2.75) is 12.8 Å². The number of likely N-dealkylation sites (tertiary alicyclic amines) is 1. The molecule has 0 aromatic heterocycles. The second kappa shape index (κ2) is 6.40. The highest BCUT2D eigenvalue weighted by atomic mass is 16.2. The highest BCUT2D eigenvalue weighted by molar-refractivity contribution is 5.89. The third-order valence-electron chi connectivity index (χ3n) is 3.32. The Balaban J connectivity index is 1.88. The molecule has 0 aliphatic carbocycles. The summed E-state index contributed by atoms with van der Waals surface area (Å²) in [5, 5.41) is 6.13. The molecule has 0 spiro atoms. The number of nitrogens with one attached hydrogen (secondary N) is 2. The highest BCUT2D eigenvalue weighted by Crippen LogP contribution is 2.17. The first-order valence-corrected chi connectivity index (χ1v) is 6.55. The number of rotatable bonds is 3. The van der Waals surface area contributed by atoms with Gasteiger partial charge in [-0.25, -0.2) is 4.79 Å². The molecule has 0 bridgehead atoms. The summed E-state index contributed by atoms with van der Waals surface area (Å²) in [4.78, 5) is 14.0. The quantitative estimate of drug-likeness (QED) is 0.859. The van der Waals surface area contributed by atoms with Crippen molar-refractivity contribution in [3.8, 4) is 0 Å². The number of hydrogen-bond donors (Lipinski definition) is 2. The van der Waals surface area contributed by atoms with Crippen molar-refractivity contribution < 1.29 is 4.79 Å². The van der Waals surface area contributed by atoms with Crippen LogP contribution in [0.2, 0.25) is 0 Å². The topological polar surface area (TPSA) is 44.4 Å². The van der Waals surface area contributed by atoms with Gasteiger partial charge in [0.1, 0.15) is 0 Å². The monoisotopic (exact) mass is 247 g/mol. The van der Waals surface area contributed by atoms with E-state index in [1.54, 1.807) is 0 Å². The first-order chi connectivity index (χ1) is 8.79. The van der Waals surface area contributed by atoms with Crippen LogP contribution < -0.4 is 10.6 Å². The van der Waals surface area contributed by atoms with E-state index in [9.17, 15) is 4.79 Å². The molecular formula is C14H21N3O. The molecule has 98 valence electrons. The van der Waals surface area contributed by atoms with Gasteiger partial charge in [0.2, 0.25) is 0 Å². The zero-order valence-corrected chi connectivity index (χ0v) is 10.9. The Labute approximate surface area is 108 Å². The summed E-state index contributed by atoms with van der Waals surface area (Å²) in [6, 6.07) is 9.63. The number of hydrogen-bond acceptors (Lipinski definition) is 2. The standard InChI is InChI=1S/C14H21N3O/c1-15-10-12-6-5-9-17(11-12)14(18)16-13-7-3-2-4-8-13/h2-4,7-8,12,15H,5-6,9-11H2,1H3,(H,16,18). The first kappa shape index (κ1) is 12.9. The molecule has 1 saturated heterocycles. The lowest BCUT2D eigenvalue weighted by Gasteiger charge is -2.32. The lowest BCUT2D eigenvalue weighted by Crippen LogP contribution is -2.44. The zero-order chi connectivity index (χ0) is 12.8. The molecule has 1 aromatic rings. The fraction of sp³-hybridized carbons (Fsp3) is 0.500. The molecule has 18 heavy (non-hydrogen) atoms. The maximum absolute atomic E-state index is 12.1. The number of benzene rings is 1. The minimum atomic E-state index is 0.0157. The Morgan fingerprint density at radius 3 is 2.89 bits per heavy atom. The summed E-state index contributed by atoms with van der Waals surface area (Å²) < 4.78 is 0. The Hall–Kier alpha value is -1.55. The van der Waals surface area contributed by atoms with Crippen LogP contribution in [0.5, 0.6) is 0 Å². The van der Waals surface area contributed by atoms with Gasteiger partial charge in [-0.3, -0.25) is 0 Å². The maximum Gasteiger partial charge on any atom is 0.321 e. The minimum absolute atomic E-state index is 0.0157. The van der Waals surface area contributed by atoms with Crippen molar-refractivity contribution >= 4 is 11.7 Å². The lowest BCUT2D eigenvalue weighted by atomic mass is 9.98. The third-order valence-corrected chi connectivity index (χ3v) is 3.32. The molecule has 4 heteroatoms. The van der Waals surface area contributed by atoms with E-state index >= 15 is 0 Å². The smallest absolute Gasteiger partial charge is 0.321 e. The van der Waals surface area contributed by atoms with Gasteiger partial charge in [-0.1, -0.05) is 18.2 Å². The molecule has 2 amide bonds. The number of piperidine rings is 1. The molecule has 1 aromatic carbocycles. The molecule has 1 fully saturated rings. The molecule has 2 rings (SSSR count). The summed E-state index contributed by atoms with van der Waals surface area (Å²) in [6.07, 6.45) is 2.30. The summed E-state index contributed by atoms with van der Waals surface area (Å²) >= 11 is 0. The van der Waals surface area contributed by atoms with Crippen LogP contribution in [-0.2, 0) is 0 Å². The molecule has 1 atom stereocenters. The molecule has 1 heterocycles. The van der Waals surface area contributed by atoms with E-state index in [0.717, 1.165) is 31.7 Å². The van der Waals surface area contributed by atoms with Gasteiger partial charge in [-0.2, -0.15) is 0 Å². The Kier molecular flexibility index (Phi) is 4.59. The molecule has 1 aliphatic rings. The van der Waals surface area contributed by atoms with Crippen molar-refractivity contribution in [1.29, 1.82) is 0 Å². The maximum atomic E-state index is 12.1. The van der Waals surface area contributed by atoms with Gasteiger partial charge < -0.3 is 15.5 Å². The summed E-state index contributed by atoms with van der Waals surface area (Å²) in [6.45, 7) is 2.69. The van der Waals surface area contributed by atoms with Crippen LogP contribution in [0.25, 0.3) is 0 Å². The van der Waals surface area contributed by atoms with Gasteiger partial charge in [0, 0.05) is 18.8 Å². The fourth-order valence-electron chi connectivity index (χ4n) is 2.43. The number of amides is 2. The zero-order valence-electron chi connectivity index (χ0n) is 10.9. The summed E-state index contributed by atoms with van der Waals surface area (Å²) in [7, 11) is 1.96. The number of carbonyl (C=O) groups is 1. The third kappa shape index (κ3) is 3.47. The van der Waals surface area contributed by atoms with Crippen molar-refractivity contribution in [2.24, 2.45) is 5.92 Å². The number of carbonyl (C=O) groups excluding carboxylic acids is 1. The van der Waals surface area contributed by atoms with Crippen LogP contribution >= 0.6 is 0 Å². The number of nitrogens with zero attached hydrogens (tertiary/aromatic N) is 1. The van der Waals surface area contributed by atoms with Crippen LogP contribution in [-0.4, -0.2) is 37.6 Å². The molecule has 0 saturated carbocycles. The Morgan fingerprint density at radius 2 is 2.17 bits per heavy atom. The van der Waals surface area contributed by atoms with Gasteiger partial charge in [0.15, 0.2) is 0 Å². The van der Waals surface area contributed by atoms with Gasteiger partial charge in [-0.15, -0.1) is 0 Å². The van der Waals surface area contributed by atoms with E-state index in [1.165, 1.54) is 6.42 Å². The predicted octanol–water partition coefficient (Wildman–Crippen LogP) is 2.15. The Bertz CT molecular complexity index is 378. The van der Waals surface area contributed by atoms with Gasteiger partial charge in [0.05, 0.1) is 0 Å². The van der Waals surface area contributed by atoms with Crippen molar-refractivity contribution in [3.05, 3.63) is 30.3 Å². The molecular weight excluding hydrogens is 226 g/mol. The number of para-hydroxylation sites is 1. The highest BCUT2D eigenvalue weighted by Gasteiger charge is 2.22.